The van der Waals surface area contributed by atoms with Crippen LogP contribution in [-0.2, 0) is 0 Å². The van der Waals surface area contributed by atoms with Gasteiger partial charge in [-0.05, 0) is 214 Å². The number of nitriles is 3. The van der Waals surface area contributed by atoms with Crippen LogP contribution in [0, 0.1) is 34.0 Å². The standard InChI is InChI=1S/C39H24N2.2C33H21N/c40-25-26-17-19-27(20-18-26)38-32-11-1-3-13-34(32)39(35-14-4-2-12-33(35)38)28-21-23-29(24-22-28)41-36-15-7-5-9-30(36)31-10-6-8-16-37(31)41;34-22-23-9-8-12-27(21-23)33-30-15-6-4-13-28(30)32(29-14-5-7-16-31(29)33)26-19-17-25(18-20-26)24-10-2-1-3-11-24;34-22-23-14-16-26(17-15-23)32-28-10-4-6-12-30(28)33(31-13-7-5-11-29(31)32)27-20-18-25(19-21-27)24-8-2-1-3-9-24/h1-24H;2*1-21H. The number of hydrogen-bond donors (Lipinski definition) is 0. The highest BCUT2D eigenvalue weighted by molar-refractivity contribution is 6.24. The molecule has 0 fully saturated rings. The normalized spacial score (nSPS) is 11.1. The van der Waals surface area contributed by atoms with E-state index in [0.717, 1.165) is 22.4 Å². The van der Waals surface area contributed by atoms with Crippen molar-refractivity contribution in [3.8, 4) is 113 Å². The molecule has 19 aromatic carbocycles. The molecule has 0 aliphatic rings. The molecule has 4 heteroatoms. The van der Waals surface area contributed by atoms with Gasteiger partial charge in [-0.2, -0.15) is 15.8 Å². The molecule has 1 aromatic heterocycles. The number of rotatable bonds is 9. The van der Waals surface area contributed by atoms with E-state index in [1.54, 1.807) is 0 Å². The summed E-state index contributed by atoms with van der Waals surface area (Å²) < 4.78 is 2.36. The lowest BCUT2D eigenvalue weighted by Gasteiger charge is -2.18. The maximum atomic E-state index is 9.48. The summed E-state index contributed by atoms with van der Waals surface area (Å²) in [5, 5.41) is 45.2. The number of para-hydroxylation sites is 2. The summed E-state index contributed by atoms with van der Waals surface area (Å²) in [5.41, 5.74) is 24.7. The second-order valence-electron chi connectivity index (χ2n) is 27.4. The fraction of sp³-hybridized carbons (Fsp3) is 0. The number of aromatic nitrogens is 1. The lowest BCUT2D eigenvalue weighted by Crippen LogP contribution is -1.94. The van der Waals surface area contributed by atoms with E-state index >= 15 is 0 Å². The highest BCUT2D eigenvalue weighted by Crippen LogP contribution is 2.48. The lowest BCUT2D eigenvalue weighted by atomic mass is 9.85. The first kappa shape index (κ1) is 66.0. The average molecular weight is 1380 g/mol. The molecular formula is C105H66N4. The summed E-state index contributed by atoms with van der Waals surface area (Å²) in [6.45, 7) is 0. The monoisotopic (exact) mass is 1380 g/mol. The third kappa shape index (κ3) is 12.2. The number of nitrogens with zero attached hydrogens (tertiary/aromatic N) is 4. The molecule has 109 heavy (non-hydrogen) atoms. The molecule has 20 aromatic rings. The second kappa shape index (κ2) is 28.9. The van der Waals surface area contributed by atoms with E-state index in [4.69, 9.17) is 0 Å². The highest BCUT2D eigenvalue weighted by Gasteiger charge is 2.22. The van der Waals surface area contributed by atoms with Crippen molar-refractivity contribution in [1.29, 1.82) is 15.8 Å². The fourth-order valence-electron chi connectivity index (χ4n) is 16.3. The molecule has 0 aliphatic heterocycles. The van der Waals surface area contributed by atoms with Gasteiger partial charge in [0, 0.05) is 16.5 Å². The molecule has 0 saturated heterocycles. The van der Waals surface area contributed by atoms with E-state index in [1.807, 2.05) is 54.6 Å². The molecule has 0 spiro atoms. The molecule has 0 amide bonds. The van der Waals surface area contributed by atoms with Crippen LogP contribution in [0.1, 0.15) is 16.7 Å². The molecule has 0 N–H and O–H groups in total. The van der Waals surface area contributed by atoms with Crippen LogP contribution in [0.5, 0.6) is 0 Å². The van der Waals surface area contributed by atoms with E-state index in [0.29, 0.717) is 16.7 Å². The Morgan fingerprint density at radius 2 is 0.367 bits per heavy atom. The van der Waals surface area contributed by atoms with Crippen LogP contribution >= 0.6 is 0 Å². The van der Waals surface area contributed by atoms with Crippen molar-refractivity contribution in [2.24, 2.45) is 0 Å². The Kier molecular flexibility index (Phi) is 17.5. The predicted molar refractivity (Wildman–Crippen MR) is 456 cm³/mol. The van der Waals surface area contributed by atoms with Gasteiger partial charge in [0.15, 0.2) is 0 Å². The summed E-state index contributed by atoms with van der Waals surface area (Å²) in [5.74, 6) is 0. The van der Waals surface area contributed by atoms with E-state index < -0.39 is 0 Å². The molecule has 506 valence electrons. The van der Waals surface area contributed by atoms with Crippen LogP contribution in [0.4, 0.5) is 0 Å². The minimum atomic E-state index is 0.669. The average Bonchev–Trinajstić information content (AvgIpc) is 1.49. The molecule has 0 unspecified atom stereocenters. The molecule has 0 bridgehead atoms. The SMILES string of the molecule is N#Cc1ccc(-c2c3ccccc3c(-c3ccc(-c4ccccc4)cc3)c3ccccc23)cc1.N#Cc1ccc(-c2c3ccccc3c(-c3ccc(-n4c5ccccc5c5ccccc54)cc3)c3ccccc23)cc1.N#Cc1cccc(-c2c3ccccc3c(-c3ccc(-c4ccccc4)cc3)c3ccccc23)c1. The van der Waals surface area contributed by atoms with Gasteiger partial charge in [0.25, 0.3) is 0 Å². The highest BCUT2D eigenvalue weighted by atomic mass is 15.0. The van der Waals surface area contributed by atoms with Gasteiger partial charge in [0.1, 0.15) is 0 Å². The largest absolute Gasteiger partial charge is 0.309 e. The third-order valence-corrected chi connectivity index (χ3v) is 21.2. The summed E-state index contributed by atoms with van der Waals surface area (Å²) in [7, 11) is 0. The Hall–Kier alpha value is -15.0. The molecule has 0 radical (unpaired) electrons. The van der Waals surface area contributed by atoms with Gasteiger partial charge in [-0.1, -0.05) is 340 Å². The van der Waals surface area contributed by atoms with Crippen molar-refractivity contribution in [2.75, 3.05) is 0 Å². The Morgan fingerprint density at radius 1 is 0.156 bits per heavy atom. The number of hydrogen-bond acceptors (Lipinski definition) is 3. The number of benzene rings is 19. The molecule has 4 nitrogen and oxygen atoms in total. The van der Waals surface area contributed by atoms with Gasteiger partial charge in [-0.3, -0.25) is 0 Å². The zero-order chi connectivity index (χ0) is 73.2. The van der Waals surface area contributed by atoms with E-state index in [2.05, 4.69) is 369 Å². The zero-order valence-corrected chi connectivity index (χ0v) is 59.4. The molecule has 1 heterocycles. The summed E-state index contributed by atoms with van der Waals surface area (Å²) in [6.07, 6.45) is 0. The predicted octanol–water partition coefficient (Wildman–Crippen LogP) is 28.0. The van der Waals surface area contributed by atoms with Crippen molar-refractivity contribution >= 4 is 86.4 Å². The Labute approximate surface area is 632 Å². The van der Waals surface area contributed by atoms with E-state index in [1.165, 1.54) is 159 Å². The van der Waals surface area contributed by atoms with Gasteiger partial charge in [0.2, 0.25) is 0 Å². The smallest absolute Gasteiger partial charge is 0.0991 e. The zero-order valence-electron chi connectivity index (χ0n) is 59.4. The van der Waals surface area contributed by atoms with Crippen molar-refractivity contribution in [3.63, 3.8) is 0 Å². The summed E-state index contributed by atoms with van der Waals surface area (Å²) in [6, 6.07) is 147. The Morgan fingerprint density at radius 3 is 0.651 bits per heavy atom. The Balaban J connectivity index is 0.000000116. The minimum Gasteiger partial charge on any atom is -0.309 e. The lowest BCUT2D eigenvalue weighted by molar-refractivity contribution is 1.18. The molecule has 0 aliphatic carbocycles. The van der Waals surface area contributed by atoms with Crippen molar-refractivity contribution in [3.05, 3.63) is 417 Å². The maximum absolute atomic E-state index is 9.48. The fourth-order valence-corrected chi connectivity index (χ4v) is 16.3. The second-order valence-corrected chi connectivity index (χ2v) is 27.4. The first-order valence-electron chi connectivity index (χ1n) is 36.7. The maximum Gasteiger partial charge on any atom is 0.0991 e. The van der Waals surface area contributed by atoms with Crippen LogP contribution in [-0.4, -0.2) is 4.57 Å². The van der Waals surface area contributed by atoms with Crippen molar-refractivity contribution in [2.45, 2.75) is 0 Å². The quantitative estimate of drug-likeness (QED) is 0.135. The van der Waals surface area contributed by atoms with Gasteiger partial charge in [-0.15, -0.1) is 0 Å². The van der Waals surface area contributed by atoms with Crippen LogP contribution in [0.25, 0.3) is 181 Å². The van der Waals surface area contributed by atoms with Crippen LogP contribution in [0.3, 0.4) is 0 Å². The van der Waals surface area contributed by atoms with E-state index in [-0.39, 0.29) is 0 Å². The number of fused-ring (bicyclic) bond motifs is 9. The van der Waals surface area contributed by atoms with Crippen LogP contribution in [0.2, 0.25) is 0 Å². The van der Waals surface area contributed by atoms with E-state index in [9.17, 15) is 15.8 Å². The topological polar surface area (TPSA) is 76.3 Å². The summed E-state index contributed by atoms with van der Waals surface area (Å²) >= 11 is 0. The Bertz CT molecular complexity index is 6770. The third-order valence-electron chi connectivity index (χ3n) is 21.2. The van der Waals surface area contributed by atoms with Gasteiger partial charge in [-0.25, -0.2) is 0 Å². The van der Waals surface area contributed by atoms with Gasteiger partial charge >= 0.3 is 0 Å². The van der Waals surface area contributed by atoms with Crippen LogP contribution < -0.4 is 0 Å². The molecule has 0 saturated carbocycles. The first-order chi connectivity index (χ1) is 54.0. The molecule has 0 atom stereocenters. The molecular weight excluding hydrogens is 1320 g/mol. The van der Waals surface area contributed by atoms with Crippen LogP contribution in [0.15, 0.2) is 400 Å². The van der Waals surface area contributed by atoms with Gasteiger partial charge < -0.3 is 4.57 Å². The summed E-state index contributed by atoms with van der Waals surface area (Å²) in [4.78, 5) is 0. The van der Waals surface area contributed by atoms with Crippen molar-refractivity contribution < 1.29 is 0 Å². The first-order valence-corrected chi connectivity index (χ1v) is 36.7. The minimum absolute atomic E-state index is 0.669. The van der Waals surface area contributed by atoms with Crippen molar-refractivity contribution in [1.82, 2.24) is 4.57 Å². The molecule has 20 rings (SSSR count). The van der Waals surface area contributed by atoms with Gasteiger partial charge in [0.05, 0.1) is 45.9 Å².